The summed E-state index contributed by atoms with van der Waals surface area (Å²) >= 11 is 0. The quantitative estimate of drug-likeness (QED) is 0.829. The van der Waals surface area contributed by atoms with E-state index in [1.54, 1.807) is 0 Å². The van der Waals surface area contributed by atoms with Gasteiger partial charge >= 0.3 is 0 Å². The van der Waals surface area contributed by atoms with Gasteiger partial charge in [0.1, 0.15) is 5.82 Å². The lowest BCUT2D eigenvalue weighted by Crippen LogP contribution is -2.39. The second kappa shape index (κ2) is 6.44. The normalized spacial score (nSPS) is 21.9. The van der Waals surface area contributed by atoms with Crippen LogP contribution in [-0.2, 0) is 0 Å². The van der Waals surface area contributed by atoms with Gasteiger partial charge in [0, 0.05) is 25.2 Å². The smallest absolute Gasteiger partial charge is 0.215 e. The first-order chi connectivity index (χ1) is 9.85. The molecule has 1 aliphatic heterocycles. The number of ether oxygens (including phenoxy) is 1. The third kappa shape index (κ3) is 3.63. The Balaban J connectivity index is 1.70. The van der Waals surface area contributed by atoms with Gasteiger partial charge in [0.25, 0.3) is 0 Å². The topological polar surface area (TPSA) is 37.4 Å². The molecule has 3 rings (SSSR count). The first-order valence-electron chi connectivity index (χ1n) is 7.93. The van der Waals surface area contributed by atoms with Crippen LogP contribution in [0.25, 0.3) is 0 Å². The zero-order chi connectivity index (χ0) is 13.8. The summed E-state index contributed by atoms with van der Waals surface area (Å²) in [5.41, 5.74) is 0. The standard InChI is InChI=1S/C16H25N3O/c1-2-20-16-7-3-6-15(18-16)19(11-13-8-9-13)12-14-5-4-10-17-14/h3,6-7,13-14,17H,2,4-5,8-12H2,1H3. The lowest BCUT2D eigenvalue weighted by molar-refractivity contribution is 0.327. The Bertz CT molecular complexity index is 427. The zero-order valence-corrected chi connectivity index (χ0v) is 12.3. The SMILES string of the molecule is CCOc1cccc(N(CC2CC2)CC2CCCN2)n1. The molecule has 1 aromatic rings. The Kier molecular flexibility index (Phi) is 4.41. The summed E-state index contributed by atoms with van der Waals surface area (Å²) in [6.07, 6.45) is 5.33. The minimum atomic E-state index is 0.617. The van der Waals surface area contributed by atoms with E-state index >= 15 is 0 Å². The predicted octanol–water partition coefficient (Wildman–Crippen LogP) is 2.45. The summed E-state index contributed by atoms with van der Waals surface area (Å²) in [6.45, 7) is 6.04. The second-order valence-corrected chi connectivity index (χ2v) is 5.91. The van der Waals surface area contributed by atoms with Gasteiger partial charge in [-0.2, -0.15) is 4.98 Å². The lowest BCUT2D eigenvalue weighted by atomic mass is 10.2. The molecule has 0 spiro atoms. The van der Waals surface area contributed by atoms with Crippen LogP contribution in [0.2, 0.25) is 0 Å². The number of rotatable bonds is 7. The minimum absolute atomic E-state index is 0.617. The zero-order valence-electron chi connectivity index (χ0n) is 12.3. The molecule has 2 fully saturated rings. The number of hydrogen-bond acceptors (Lipinski definition) is 4. The highest BCUT2D eigenvalue weighted by atomic mass is 16.5. The van der Waals surface area contributed by atoms with E-state index in [2.05, 4.69) is 27.3 Å². The number of hydrogen-bond donors (Lipinski definition) is 1. The minimum Gasteiger partial charge on any atom is -0.478 e. The van der Waals surface area contributed by atoms with E-state index in [0.29, 0.717) is 12.6 Å². The van der Waals surface area contributed by atoms with E-state index in [1.165, 1.54) is 25.7 Å². The van der Waals surface area contributed by atoms with Crippen molar-refractivity contribution in [3.05, 3.63) is 18.2 Å². The van der Waals surface area contributed by atoms with Crippen LogP contribution in [0.4, 0.5) is 5.82 Å². The molecule has 1 saturated heterocycles. The summed E-state index contributed by atoms with van der Waals surface area (Å²) in [7, 11) is 0. The molecule has 0 aromatic carbocycles. The van der Waals surface area contributed by atoms with Crippen LogP contribution >= 0.6 is 0 Å². The maximum Gasteiger partial charge on any atom is 0.215 e. The van der Waals surface area contributed by atoms with Crippen LogP contribution in [0.5, 0.6) is 5.88 Å². The Morgan fingerprint density at radius 3 is 2.90 bits per heavy atom. The van der Waals surface area contributed by atoms with Crippen molar-refractivity contribution < 1.29 is 4.74 Å². The fourth-order valence-electron chi connectivity index (χ4n) is 2.86. The van der Waals surface area contributed by atoms with E-state index in [1.807, 2.05) is 13.0 Å². The van der Waals surface area contributed by atoms with Crippen molar-refractivity contribution in [1.29, 1.82) is 0 Å². The molecule has 1 saturated carbocycles. The largest absolute Gasteiger partial charge is 0.478 e. The van der Waals surface area contributed by atoms with Crippen LogP contribution in [0.1, 0.15) is 32.6 Å². The summed E-state index contributed by atoms with van der Waals surface area (Å²) in [6, 6.07) is 6.72. The lowest BCUT2D eigenvalue weighted by Gasteiger charge is -2.27. The van der Waals surface area contributed by atoms with Crippen molar-refractivity contribution in [2.45, 2.75) is 38.6 Å². The number of aromatic nitrogens is 1. The van der Waals surface area contributed by atoms with Gasteiger partial charge in [-0.1, -0.05) is 6.07 Å². The highest BCUT2D eigenvalue weighted by molar-refractivity contribution is 5.41. The highest BCUT2D eigenvalue weighted by Gasteiger charge is 2.27. The fraction of sp³-hybridized carbons (Fsp3) is 0.688. The molecule has 1 unspecified atom stereocenters. The molecule has 1 atom stereocenters. The number of anilines is 1. The van der Waals surface area contributed by atoms with E-state index < -0.39 is 0 Å². The first kappa shape index (κ1) is 13.7. The van der Waals surface area contributed by atoms with Crippen molar-refractivity contribution in [3.63, 3.8) is 0 Å². The number of nitrogens with one attached hydrogen (secondary N) is 1. The van der Waals surface area contributed by atoms with Gasteiger partial charge in [-0.3, -0.25) is 0 Å². The molecule has 110 valence electrons. The van der Waals surface area contributed by atoms with Gasteiger partial charge < -0.3 is 15.0 Å². The van der Waals surface area contributed by atoms with Gasteiger partial charge in [-0.15, -0.1) is 0 Å². The monoisotopic (exact) mass is 275 g/mol. The molecule has 4 heteroatoms. The molecule has 4 nitrogen and oxygen atoms in total. The van der Waals surface area contributed by atoms with E-state index in [4.69, 9.17) is 4.74 Å². The van der Waals surface area contributed by atoms with Gasteiger partial charge in [0.15, 0.2) is 0 Å². The molecule has 1 N–H and O–H groups in total. The van der Waals surface area contributed by atoms with Crippen molar-refractivity contribution in [1.82, 2.24) is 10.3 Å². The van der Waals surface area contributed by atoms with E-state index in [9.17, 15) is 0 Å². The molecule has 1 aliphatic carbocycles. The fourth-order valence-corrected chi connectivity index (χ4v) is 2.86. The predicted molar refractivity (Wildman–Crippen MR) is 81.4 cm³/mol. The summed E-state index contributed by atoms with van der Waals surface area (Å²) < 4.78 is 5.53. The molecule has 20 heavy (non-hydrogen) atoms. The van der Waals surface area contributed by atoms with Gasteiger partial charge in [-0.05, 0) is 51.1 Å². The highest BCUT2D eigenvalue weighted by Crippen LogP contribution is 2.31. The average Bonchev–Trinajstić information content (AvgIpc) is 3.12. The second-order valence-electron chi connectivity index (χ2n) is 5.91. The van der Waals surface area contributed by atoms with Crippen LogP contribution in [0.3, 0.4) is 0 Å². The van der Waals surface area contributed by atoms with Crippen LogP contribution in [0.15, 0.2) is 18.2 Å². The Hall–Kier alpha value is -1.29. The Labute approximate surface area is 121 Å². The Morgan fingerprint density at radius 1 is 1.30 bits per heavy atom. The first-order valence-corrected chi connectivity index (χ1v) is 7.93. The summed E-state index contributed by atoms with van der Waals surface area (Å²) in [4.78, 5) is 7.11. The maximum atomic E-state index is 5.53. The number of pyridine rings is 1. The van der Waals surface area contributed by atoms with E-state index in [0.717, 1.165) is 37.3 Å². The summed E-state index contributed by atoms with van der Waals surface area (Å²) in [5.74, 6) is 2.68. The van der Waals surface area contributed by atoms with Crippen molar-refractivity contribution >= 4 is 5.82 Å². The van der Waals surface area contributed by atoms with Gasteiger partial charge in [0.2, 0.25) is 5.88 Å². The van der Waals surface area contributed by atoms with Crippen LogP contribution < -0.4 is 15.0 Å². The Morgan fingerprint density at radius 2 is 2.20 bits per heavy atom. The average molecular weight is 275 g/mol. The molecule has 2 heterocycles. The van der Waals surface area contributed by atoms with Crippen LogP contribution in [-0.4, -0.2) is 37.3 Å². The molecule has 1 aromatic heterocycles. The maximum absolute atomic E-state index is 5.53. The van der Waals surface area contributed by atoms with Gasteiger partial charge in [-0.25, -0.2) is 0 Å². The van der Waals surface area contributed by atoms with Crippen molar-refractivity contribution in [2.75, 3.05) is 31.1 Å². The van der Waals surface area contributed by atoms with Crippen molar-refractivity contribution in [2.24, 2.45) is 5.92 Å². The number of nitrogens with zero attached hydrogens (tertiary/aromatic N) is 2. The van der Waals surface area contributed by atoms with Crippen molar-refractivity contribution in [3.8, 4) is 5.88 Å². The molecule has 2 aliphatic rings. The molecule has 0 radical (unpaired) electrons. The van der Waals surface area contributed by atoms with Gasteiger partial charge in [0.05, 0.1) is 6.61 Å². The molecular weight excluding hydrogens is 250 g/mol. The third-order valence-corrected chi connectivity index (χ3v) is 4.10. The summed E-state index contributed by atoms with van der Waals surface area (Å²) in [5, 5.41) is 3.59. The molecule has 0 amide bonds. The van der Waals surface area contributed by atoms with Crippen LogP contribution in [0, 0.1) is 5.92 Å². The molecular formula is C16H25N3O. The molecule has 0 bridgehead atoms. The third-order valence-electron chi connectivity index (χ3n) is 4.10. The van der Waals surface area contributed by atoms with E-state index in [-0.39, 0.29) is 0 Å².